The monoisotopic (exact) mass is 553 g/mol. The lowest BCUT2D eigenvalue weighted by Gasteiger charge is -2.39. The third-order valence-electron chi connectivity index (χ3n) is 9.08. The second-order valence-electron chi connectivity index (χ2n) is 11.8. The van der Waals surface area contributed by atoms with Gasteiger partial charge in [-0.1, -0.05) is 12.1 Å². The van der Waals surface area contributed by atoms with Gasteiger partial charge < -0.3 is 19.5 Å². The number of aryl methyl sites for hydroxylation is 1. The molecule has 212 valence electrons. The lowest BCUT2D eigenvalue weighted by Crippen LogP contribution is -2.47. The minimum Gasteiger partial charge on any atom is -0.381 e. The third kappa shape index (κ3) is 4.81. The van der Waals surface area contributed by atoms with E-state index in [2.05, 4.69) is 22.4 Å². The largest absolute Gasteiger partial charge is 0.416 e. The number of alkyl halides is 3. The van der Waals surface area contributed by atoms with Crippen LogP contribution in [0.15, 0.2) is 42.7 Å². The van der Waals surface area contributed by atoms with Crippen LogP contribution in [0.1, 0.15) is 83.4 Å². The molecule has 2 heterocycles. The summed E-state index contributed by atoms with van der Waals surface area (Å²) < 4.78 is 50.0. The van der Waals surface area contributed by atoms with Gasteiger partial charge in [0.05, 0.1) is 18.2 Å². The molecule has 7 nitrogen and oxygen atoms in total. The van der Waals surface area contributed by atoms with Crippen molar-refractivity contribution in [1.29, 1.82) is 0 Å². The number of anilines is 1. The molecule has 1 aromatic heterocycles. The Kier molecular flexibility index (Phi) is 6.73. The molecule has 0 radical (unpaired) electrons. The molecule has 2 fully saturated rings. The summed E-state index contributed by atoms with van der Waals surface area (Å²) in [5, 5.41) is 11.8. The van der Waals surface area contributed by atoms with Gasteiger partial charge >= 0.3 is 6.18 Å². The molecule has 0 bridgehead atoms. The minimum absolute atomic E-state index is 0.0355. The summed E-state index contributed by atoms with van der Waals surface area (Å²) in [6.07, 6.45) is 2.14. The molecule has 6 rings (SSSR count). The van der Waals surface area contributed by atoms with E-state index in [-0.39, 0.29) is 41.2 Å². The summed E-state index contributed by atoms with van der Waals surface area (Å²) in [5.74, 6) is 0.603. The number of hydrogen-bond donors (Lipinski definition) is 1. The topological polar surface area (TPSA) is 72.3 Å². The summed E-state index contributed by atoms with van der Waals surface area (Å²) in [7, 11) is 3.61. The van der Waals surface area contributed by atoms with Crippen LogP contribution in [-0.4, -0.2) is 39.4 Å². The van der Waals surface area contributed by atoms with E-state index >= 15 is 0 Å². The molecular weight excluding hydrogens is 519 g/mol. The van der Waals surface area contributed by atoms with Crippen molar-refractivity contribution in [2.75, 3.05) is 12.0 Å². The maximum atomic E-state index is 14.2. The van der Waals surface area contributed by atoms with E-state index in [0.29, 0.717) is 17.8 Å². The second-order valence-corrected chi connectivity index (χ2v) is 11.8. The number of carbonyl (C=O) groups excluding carboxylic acids is 1. The zero-order chi connectivity index (χ0) is 28.2. The van der Waals surface area contributed by atoms with Gasteiger partial charge in [0.15, 0.2) is 0 Å². The fraction of sp³-hybridized carbons (Fsp3) is 0.500. The molecule has 3 aliphatic rings. The van der Waals surface area contributed by atoms with Gasteiger partial charge in [-0.3, -0.25) is 4.79 Å². The molecule has 0 spiro atoms. The standard InChI is InChI=1S/C30H34F3N5O2/c1-29(8-5-9-29)34-15-18-10-23-24(25(11-18)30(31,32)33)16-38(28(23)39)21-7-4-6-19(12-21)26(20-13-22(14-20)40-3)27-36-35-17-37(27)2/h4,6-7,10-12,17,20,22,26,34H,5,8-9,13-16H2,1-3H3/t20-,22+,26?. The molecule has 1 atom stereocenters. The molecule has 1 aliphatic heterocycles. The number of aromatic nitrogens is 3. The summed E-state index contributed by atoms with van der Waals surface area (Å²) in [6.45, 7) is 2.25. The van der Waals surface area contributed by atoms with Crippen LogP contribution in [0.3, 0.4) is 0 Å². The fourth-order valence-electron chi connectivity index (χ4n) is 6.39. The maximum absolute atomic E-state index is 14.2. The highest BCUT2D eigenvalue weighted by molar-refractivity contribution is 6.10. The number of nitrogens with zero attached hydrogens (tertiary/aromatic N) is 4. The lowest BCUT2D eigenvalue weighted by molar-refractivity contribution is -0.138. The highest BCUT2D eigenvalue weighted by Crippen LogP contribution is 2.45. The van der Waals surface area contributed by atoms with Crippen molar-refractivity contribution in [2.45, 2.75) is 75.9 Å². The van der Waals surface area contributed by atoms with E-state index in [4.69, 9.17) is 4.74 Å². The Morgan fingerprint density at radius 2 is 1.98 bits per heavy atom. The summed E-state index contributed by atoms with van der Waals surface area (Å²) in [6, 6.07) is 10.4. The SMILES string of the molecule is CO[C@H]1C[C@@H](C(c2cccc(N3Cc4c(cc(CNC5(C)CCC5)cc4C(F)(F)F)C3=O)c2)c2nncn2C)C1. The van der Waals surface area contributed by atoms with Crippen molar-refractivity contribution >= 4 is 11.6 Å². The van der Waals surface area contributed by atoms with E-state index < -0.39 is 17.6 Å². The van der Waals surface area contributed by atoms with Gasteiger partial charge in [0.25, 0.3) is 5.91 Å². The molecule has 2 saturated carbocycles. The van der Waals surface area contributed by atoms with Crippen LogP contribution in [0.5, 0.6) is 0 Å². The molecule has 2 aliphatic carbocycles. The number of nitrogens with one attached hydrogen (secondary N) is 1. The second kappa shape index (κ2) is 9.99. The highest BCUT2D eigenvalue weighted by atomic mass is 19.4. The van der Waals surface area contributed by atoms with Crippen molar-refractivity contribution in [3.8, 4) is 0 Å². The number of amides is 1. The average Bonchev–Trinajstić information content (AvgIpc) is 3.45. The summed E-state index contributed by atoms with van der Waals surface area (Å²) in [4.78, 5) is 15.1. The maximum Gasteiger partial charge on any atom is 0.416 e. The van der Waals surface area contributed by atoms with Crippen LogP contribution >= 0.6 is 0 Å². The zero-order valence-electron chi connectivity index (χ0n) is 23.0. The number of halogens is 3. The van der Waals surface area contributed by atoms with Crippen LogP contribution in [0.25, 0.3) is 0 Å². The third-order valence-corrected chi connectivity index (χ3v) is 9.08. The van der Waals surface area contributed by atoms with E-state index in [1.807, 2.05) is 29.8 Å². The fourth-order valence-corrected chi connectivity index (χ4v) is 6.39. The van der Waals surface area contributed by atoms with E-state index in [1.165, 1.54) is 11.0 Å². The van der Waals surface area contributed by atoms with Crippen molar-refractivity contribution < 1.29 is 22.7 Å². The molecule has 10 heteroatoms. The van der Waals surface area contributed by atoms with Crippen LogP contribution < -0.4 is 10.2 Å². The highest BCUT2D eigenvalue weighted by Gasteiger charge is 2.42. The van der Waals surface area contributed by atoms with Gasteiger partial charge in [0.2, 0.25) is 0 Å². The average molecular weight is 554 g/mol. The molecular formula is C30H34F3N5O2. The van der Waals surface area contributed by atoms with Gasteiger partial charge in [0, 0.05) is 43.4 Å². The van der Waals surface area contributed by atoms with Gasteiger partial charge in [-0.2, -0.15) is 13.2 Å². The van der Waals surface area contributed by atoms with Crippen LogP contribution in [0, 0.1) is 5.92 Å². The first-order valence-corrected chi connectivity index (χ1v) is 13.8. The zero-order valence-corrected chi connectivity index (χ0v) is 23.0. The van der Waals surface area contributed by atoms with E-state index in [0.717, 1.165) is 43.5 Å². The van der Waals surface area contributed by atoms with Crippen molar-refractivity contribution in [1.82, 2.24) is 20.1 Å². The summed E-state index contributed by atoms with van der Waals surface area (Å²) >= 11 is 0. The quantitative estimate of drug-likeness (QED) is 0.394. The number of rotatable bonds is 8. The normalized spacial score (nSPS) is 22.6. The van der Waals surface area contributed by atoms with Crippen molar-refractivity contribution in [3.63, 3.8) is 0 Å². The Labute approximate surface area is 231 Å². The van der Waals surface area contributed by atoms with Gasteiger partial charge in [-0.25, -0.2) is 0 Å². The number of carbonyl (C=O) groups is 1. The minimum atomic E-state index is -4.56. The van der Waals surface area contributed by atoms with Gasteiger partial charge in [0.1, 0.15) is 12.2 Å². The number of hydrogen-bond acceptors (Lipinski definition) is 5. The number of ether oxygens (including phenoxy) is 1. The Morgan fingerprint density at radius 3 is 2.60 bits per heavy atom. The Balaban J connectivity index is 1.32. The molecule has 1 unspecified atom stereocenters. The molecule has 1 amide bonds. The van der Waals surface area contributed by atoms with Crippen LogP contribution in [0.4, 0.5) is 18.9 Å². The van der Waals surface area contributed by atoms with Crippen LogP contribution in [-0.2, 0) is 31.1 Å². The van der Waals surface area contributed by atoms with Crippen molar-refractivity contribution in [2.24, 2.45) is 13.0 Å². The van der Waals surface area contributed by atoms with Gasteiger partial charge in [-0.15, -0.1) is 10.2 Å². The Hall–Kier alpha value is -3.24. The molecule has 1 N–H and O–H groups in total. The van der Waals surface area contributed by atoms with E-state index in [1.54, 1.807) is 25.6 Å². The Bertz CT molecular complexity index is 1420. The lowest BCUT2D eigenvalue weighted by atomic mass is 9.70. The molecule has 3 aromatic rings. The number of fused-ring (bicyclic) bond motifs is 1. The first-order chi connectivity index (χ1) is 19.1. The summed E-state index contributed by atoms with van der Waals surface area (Å²) in [5.41, 5.74) is 1.37. The smallest absolute Gasteiger partial charge is 0.381 e. The van der Waals surface area contributed by atoms with E-state index in [9.17, 15) is 18.0 Å². The Morgan fingerprint density at radius 1 is 1.20 bits per heavy atom. The molecule has 2 aromatic carbocycles. The van der Waals surface area contributed by atoms with Crippen LogP contribution in [0.2, 0.25) is 0 Å². The first kappa shape index (κ1) is 27.0. The van der Waals surface area contributed by atoms with Crippen molar-refractivity contribution in [3.05, 3.63) is 76.4 Å². The molecule has 0 saturated heterocycles. The van der Waals surface area contributed by atoms with Gasteiger partial charge in [-0.05, 0) is 85.9 Å². The molecule has 40 heavy (non-hydrogen) atoms. The predicted octanol–water partition coefficient (Wildman–Crippen LogP) is 5.58. The number of benzene rings is 2. The number of methoxy groups -OCH3 is 1. The predicted molar refractivity (Wildman–Crippen MR) is 144 cm³/mol. The first-order valence-electron chi connectivity index (χ1n) is 13.8.